The minimum Gasteiger partial charge on any atom is -0.480 e. The third-order valence-electron chi connectivity index (χ3n) is 3.76. The molecule has 1 aliphatic carbocycles. The van der Waals surface area contributed by atoms with Crippen LogP contribution in [-0.4, -0.2) is 26.5 Å². The van der Waals surface area contributed by atoms with Gasteiger partial charge in [-0.05, 0) is 28.8 Å². The van der Waals surface area contributed by atoms with Crippen molar-refractivity contribution >= 4 is 33.4 Å². The number of halogens is 1. The molecule has 1 saturated carbocycles. The molecule has 0 aliphatic heterocycles. The summed E-state index contributed by atoms with van der Waals surface area (Å²) in [7, 11) is 0. The maximum atomic E-state index is 11.7. The van der Waals surface area contributed by atoms with Gasteiger partial charge in [0.15, 0.2) is 0 Å². The minimum absolute atomic E-state index is 0.141. The van der Waals surface area contributed by atoms with Gasteiger partial charge >= 0.3 is 5.97 Å². The first-order valence-corrected chi connectivity index (χ1v) is 7.55. The van der Waals surface area contributed by atoms with Crippen molar-refractivity contribution in [2.75, 3.05) is 5.32 Å². The number of nitro groups is 1. The lowest BCUT2D eigenvalue weighted by Gasteiger charge is -2.30. The molecule has 2 rings (SSSR count). The maximum absolute atomic E-state index is 11.7. The van der Waals surface area contributed by atoms with E-state index >= 15 is 0 Å². The van der Waals surface area contributed by atoms with E-state index in [0.717, 1.165) is 31.9 Å². The maximum Gasteiger partial charge on any atom is 0.329 e. The van der Waals surface area contributed by atoms with Crippen LogP contribution >= 0.6 is 15.9 Å². The van der Waals surface area contributed by atoms with Crippen LogP contribution in [0.5, 0.6) is 0 Å². The highest BCUT2D eigenvalue weighted by molar-refractivity contribution is 9.10. The van der Waals surface area contributed by atoms with E-state index in [4.69, 9.17) is 0 Å². The van der Waals surface area contributed by atoms with Gasteiger partial charge in [-0.15, -0.1) is 0 Å². The summed E-state index contributed by atoms with van der Waals surface area (Å²) in [6.07, 6.45) is 5.88. The molecule has 21 heavy (non-hydrogen) atoms. The first-order valence-electron chi connectivity index (χ1n) is 6.76. The van der Waals surface area contributed by atoms with E-state index in [1.54, 1.807) is 0 Å². The van der Waals surface area contributed by atoms with E-state index in [1.807, 2.05) is 0 Å². The van der Waals surface area contributed by atoms with Crippen LogP contribution in [0.1, 0.15) is 38.5 Å². The third kappa shape index (κ3) is 3.49. The van der Waals surface area contributed by atoms with Crippen LogP contribution in [0.4, 0.5) is 11.5 Å². The van der Waals surface area contributed by atoms with Crippen LogP contribution in [0.3, 0.4) is 0 Å². The van der Waals surface area contributed by atoms with Crippen molar-refractivity contribution in [3.63, 3.8) is 0 Å². The molecule has 1 heterocycles. The highest BCUT2D eigenvalue weighted by Gasteiger charge is 2.39. The Morgan fingerprint density at radius 1 is 1.38 bits per heavy atom. The molecule has 0 spiro atoms. The van der Waals surface area contributed by atoms with Crippen LogP contribution < -0.4 is 5.32 Å². The van der Waals surface area contributed by atoms with Crippen molar-refractivity contribution in [3.05, 3.63) is 26.9 Å². The van der Waals surface area contributed by atoms with Gasteiger partial charge in [-0.1, -0.05) is 25.7 Å². The van der Waals surface area contributed by atoms with Gasteiger partial charge in [-0.25, -0.2) is 9.78 Å². The normalized spacial score (nSPS) is 17.8. The number of pyridine rings is 1. The van der Waals surface area contributed by atoms with Gasteiger partial charge in [0.05, 0.1) is 9.40 Å². The zero-order chi connectivity index (χ0) is 15.5. The highest BCUT2D eigenvalue weighted by atomic mass is 79.9. The van der Waals surface area contributed by atoms with Crippen LogP contribution in [-0.2, 0) is 4.79 Å². The second kappa shape index (κ2) is 6.38. The predicted octanol–water partition coefficient (Wildman–Crippen LogP) is 3.34. The summed E-state index contributed by atoms with van der Waals surface area (Å²) < 4.78 is 0.390. The lowest BCUT2D eigenvalue weighted by Crippen LogP contribution is -2.46. The molecule has 0 unspecified atom stereocenters. The van der Waals surface area contributed by atoms with Gasteiger partial charge in [0.2, 0.25) is 0 Å². The average molecular weight is 358 g/mol. The Morgan fingerprint density at radius 2 is 2.00 bits per heavy atom. The number of aliphatic carboxylic acids is 1. The molecule has 0 bridgehead atoms. The summed E-state index contributed by atoms with van der Waals surface area (Å²) in [4.78, 5) is 25.9. The second-order valence-corrected chi connectivity index (χ2v) is 6.06. The summed E-state index contributed by atoms with van der Waals surface area (Å²) in [6.45, 7) is 0. The SMILES string of the molecule is O=C(O)C1(Nc2ncc([N+](=O)[O-])cc2Br)CCCCCC1. The molecule has 0 atom stereocenters. The average Bonchev–Trinajstić information content (AvgIpc) is 2.67. The van der Waals surface area contributed by atoms with Gasteiger partial charge < -0.3 is 10.4 Å². The molecule has 1 aromatic heterocycles. The number of nitrogens with one attached hydrogen (secondary N) is 1. The van der Waals surface area contributed by atoms with Gasteiger partial charge in [-0.2, -0.15) is 0 Å². The Hall–Kier alpha value is -1.70. The zero-order valence-electron chi connectivity index (χ0n) is 11.3. The molecular weight excluding hydrogens is 342 g/mol. The van der Waals surface area contributed by atoms with Gasteiger partial charge in [-0.3, -0.25) is 10.1 Å². The number of carbonyl (C=O) groups is 1. The number of anilines is 1. The summed E-state index contributed by atoms with van der Waals surface area (Å²) in [5, 5.41) is 23.3. The molecular formula is C13H16BrN3O4. The number of hydrogen-bond acceptors (Lipinski definition) is 5. The lowest BCUT2D eigenvalue weighted by atomic mass is 9.90. The van der Waals surface area contributed by atoms with E-state index in [1.165, 1.54) is 6.07 Å². The van der Waals surface area contributed by atoms with Gasteiger partial charge in [0, 0.05) is 6.07 Å². The molecule has 1 aromatic rings. The fourth-order valence-corrected chi connectivity index (χ4v) is 3.01. The fourth-order valence-electron chi connectivity index (χ4n) is 2.57. The Labute approximate surface area is 130 Å². The summed E-state index contributed by atoms with van der Waals surface area (Å²) >= 11 is 3.21. The second-order valence-electron chi connectivity index (χ2n) is 5.21. The first-order chi connectivity index (χ1) is 9.94. The van der Waals surface area contributed by atoms with Crippen molar-refractivity contribution in [2.24, 2.45) is 0 Å². The Morgan fingerprint density at radius 3 is 2.48 bits per heavy atom. The molecule has 0 saturated heterocycles. The van der Waals surface area contributed by atoms with Crippen LogP contribution in [0.2, 0.25) is 0 Å². The predicted molar refractivity (Wildman–Crippen MR) is 80.3 cm³/mol. The van der Waals surface area contributed by atoms with Crippen LogP contribution in [0.15, 0.2) is 16.7 Å². The van der Waals surface area contributed by atoms with E-state index in [9.17, 15) is 20.0 Å². The van der Waals surface area contributed by atoms with E-state index in [-0.39, 0.29) is 5.69 Å². The first kappa shape index (κ1) is 15.7. The standard InChI is InChI=1S/C13H16BrN3O4/c14-10-7-9(17(20)21)8-15-11(10)16-13(12(18)19)5-3-1-2-4-6-13/h7-8H,1-6H2,(H,15,16)(H,18,19). The molecule has 0 aromatic carbocycles. The van der Waals surface area contributed by atoms with Crippen molar-refractivity contribution in [1.82, 2.24) is 4.98 Å². The minimum atomic E-state index is -1.05. The zero-order valence-corrected chi connectivity index (χ0v) is 12.9. The highest BCUT2D eigenvalue weighted by Crippen LogP contribution is 2.33. The molecule has 8 heteroatoms. The van der Waals surface area contributed by atoms with Crippen molar-refractivity contribution in [2.45, 2.75) is 44.1 Å². The molecule has 0 amide bonds. The van der Waals surface area contributed by atoms with Crippen molar-refractivity contribution in [3.8, 4) is 0 Å². The summed E-state index contributed by atoms with van der Waals surface area (Å²) in [6, 6.07) is 1.32. The fraction of sp³-hybridized carbons (Fsp3) is 0.538. The number of aromatic nitrogens is 1. The van der Waals surface area contributed by atoms with E-state index < -0.39 is 16.4 Å². The molecule has 2 N–H and O–H groups in total. The van der Waals surface area contributed by atoms with E-state index in [2.05, 4.69) is 26.2 Å². The van der Waals surface area contributed by atoms with Crippen molar-refractivity contribution < 1.29 is 14.8 Å². The summed E-state index contributed by atoms with van der Waals surface area (Å²) in [5.41, 5.74) is -1.19. The van der Waals surface area contributed by atoms with Crippen molar-refractivity contribution in [1.29, 1.82) is 0 Å². The Bertz CT molecular complexity index is 556. The molecule has 1 fully saturated rings. The largest absolute Gasteiger partial charge is 0.480 e. The monoisotopic (exact) mass is 357 g/mol. The Kier molecular flexibility index (Phi) is 4.76. The van der Waals surface area contributed by atoms with Gasteiger partial charge in [0.1, 0.15) is 17.6 Å². The Balaban J connectivity index is 2.28. The van der Waals surface area contributed by atoms with Gasteiger partial charge in [0.25, 0.3) is 5.69 Å². The molecule has 7 nitrogen and oxygen atoms in total. The molecule has 0 radical (unpaired) electrons. The number of hydrogen-bond donors (Lipinski definition) is 2. The number of carboxylic acids is 1. The molecule has 114 valence electrons. The van der Waals surface area contributed by atoms with Crippen LogP contribution in [0, 0.1) is 10.1 Å². The smallest absolute Gasteiger partial charge is 0.329 e. The topological polar surface area (TPSA) is 105 Å². The summed E-state index contributed by atoms with van der Waals surface area (Å²) in [5.74, 6) is -0.582. The number of nitrogens with zero attached hydrogens (tertiary/aromatic N) is 2. The quantitative estimate of drug-likeness (QED) is 0.486. The number of carboxylic acid groups (broad SMARTS) is 1. The lowest BCUT2D eigenvalue weighted by molar-refractivity contribution is -0.385. The van der Waals surface area contributed by atoms with E-state index in [0.29, 0.717) is 23.1 Å². The third-order valence-corrected chi connectivity index (χ3v) is 4.37. The van der Waals surface area contributed by atoms with Crippen LogP contribution in [0.25, 0.3) is 0 Å². The number of rotatable bonds is 4. The molecule has 1 aliphatic rings.